The van der Waals surface area contributed by atoms with Crippen molar-refractivity contribution >= 4 is 31.2 Å². The van der Waals surface area contributed by atoms with Gasteiger partial charge in [-0.15, -0.1) is 0 Å². The molecule has 2 aromatic rings. The van der Waals surface area contributed by atoms with Crippen LogP contribution >= 0.6 is 8.09 Å². The van der Waals surface area contributed by atoms with Gasteiger partial charge in [-0.1, -0.05) is 0 Å². The molecule has 15 heteroatoms. The van der Waals surface area contributed by atoms with E-state index in [-0.39, 0.29) is 30.2 Å². The van der Waals surface area contributed by atoms with Crippen LogP contribution in [0.3, 0.4) is 0 Å². The molecule has 2 aromatic heterocycles. The standard InChI is InChI=1S/C18H28FN6O7P/c1-8(2)30-14-11-13(22-17(20)23-14)25(7-21-11)16-18(4,19)12-10(31-16)6-29-33(27,32-12)24-9(3)15(26)28-5/h7-10,12,16,24,27,33H,6H2,1-5H3,(H2,20,22,23)/t9?,10-,12-,16-,18-/m1/s1. The van der Waals surface area contributed by atoms with Crippen molar-refractivity contribution in [2.45, 2.75) is 63.9 Å². The first kappa shape index (κ1) is 23.9. The van der Waals surface area contributed by atoms with Gasteiger partial charge in [0.2, 0.25) is 0 Å². The summed E-state index contributed by atoms with van der Waals surface area (Å²) in [6.07, 6.45) is -2.10. The van der Waals surface area contributed by atoms with Crippen molar-refractivity contribution in [2.75, 3.05) is 19.5 Å². The third-order valence-corrected chi connectivity index (χ3v) is 7.30. The quantitative estimate of drug-likeness (QED) is 0.386. The summed E-state index contributed by atoms with van der Waals surface area (Å²) in [5, 5.41) is 2.59. The van der Waals surface area contributed by atoms with Crippen molar-refractivity contribution in [3.05, 3.63) is 6.33 Å². The van der Waals surface area contributed by atoms with Crippen LogP contribution < -0.4 is 15.6 Å². The number of rotatable bonds is 6. The molecule has 4 heterocycles. The first-order valence-electron chi connectivity index (χ1n) is 10.4. The summed E-state index contributed by atoms with van der Waals surface area (Å²) in [6.45, 7) is 6.24. The fourth-order valence-corrected chi connectivity index (χ4v) is 5.90. The predicted octanol–water partition coefficient (Wildman–Crippen LogP) is 0.790. The van der Waals surface area contributed by atoms with E-state index in [1.54, 1.807) is 0 Å². The number of hydrogen-bond acceptors (Lipinski definition) is 12. The van der Waals surface area contributed by atoms with E-state index in [0.29, 0.717) is 5.52 Å². The Hall–Kier alpha value is -2.22. The minimum atomic E-state index is -4.12. The molecule has 2 fully saturated rings. The molecular weight excluding hydrogens is 462 g/mol. The summed E-state index contributed by atoms with van der Waals surface area (Å²) in [7, 11) is -2.91. The molecule has 0 radical (unpaired) electrons. The maximum atomic E-state index is 16.2. The SMILES string of the molecule is COC(=O)C(C)N[PH]1(O)OC[C@H]2O[C@@H](n3cnc4c(OC(C)C)nc(N)nc43)[C@](C)(F)[C@@H]2O1. The first-order chi connectivity index (χ1) is 15.4. The van der Waals surface area contributed by atoms with Crippen molar-refractivity contribution in [3.8, 4) is 5.88 Å². The molecule has 33 heavy (non-hydrogen) atoms. The Bertz CT molecular complexity index is 1050. The number of ether oxygens (including phenoxy) is 3. The fraction of sp³-hybridized carbons (Fsp3) is 0.667. The number of nitrogens with one attached hydrogen (secondary N) is 1. The maximum absolute atomic E-state index is 16.2. The summed E-state index contributed by atoms with van der Waals surface area (Å²) in [5.74, 6) is -0.529. The first-order valence-corrected chi connectivity index (χ1v) is 12.1. The third kappa shape index (κ3) is 4.34. The Balaban J connectivity index is 1.63. The van der Waals surface area contributed by atoms with Crippen LogP contribution in [-0.2, 0) is 23.3 Å². The van der Waals surface area contributed by atoms with Gasteiger partial charge in [-0.3, -0.25) is 0 Å². The summed E-state index contributed by atoms with van der Waals surface area (Å²) in [4.78, 5) is 35.0. The molecule has 1 unspecified atom stereocenters. The van der Waals surface area contributed by atoms with Crippen LogP contribution in [0.25, 0.3) is 11.2 Å². The van der Waals surface area contributed by atoms with Gasteiger partial charge in [0, 0.05) is 0 Å². The summed E-state index contributed by atoms with van der Waals surface area (Å²) in [5.41, 5.74) is 4.21. The zero-order valence-electron chi connectivity index (χ0n) is 18.8. The van der Waals surface area contributed by atoms with Crippen LogP contribution in [0, 0.1) is 0 Å². The normalized spacial score (nSPS) is 30.7. The molecule has 5 atom stereocenters. The molecule has 2 aliphatic rings. The number of alkyl halides is 1. The molecule has 0 amide bonds. The van der Waals surface area contributed by atoms with Gasteiger partial charge in [0.25, 0.3) is 0 Å². The Labute approximate surface area is 189 Å². The van der Waals surface area contributed by atoms with E-state index in [2.05, 4.69) is 24.8 Å². The van der Waals surface area contributed by atoms with Crippen LogP contribution in [0.5, 0.6) is 5.88 Å². The van der Waals surface area contributed by atoms with Crippen molar-refractivity contribution in [1.82, 2.24) is 24.6 Å². The van der Waals surface area contributed by atoms with Gasteiger partial charge >= 0.3 is 189 Å². The summed E-state index contributed by atoms with van der Waals surface area (Å²) in [6, 6.07) is -0.927. The number of carbonyl (C=O) groups excluding carboxylic acids is 1. The number of hydrogen-bond donors (Lipinski definition) is 3. The number of fused-ring (bicyclic) bond motifs is 2. The van der Waals surface area contributed by atoms with Gasteiger partial charge in [-0.2, -0.15) is 0 Å². The topological polar surface area (TPSA) is 165 Å². The van der Waals surface area contributed by atoms with Crippen LogP contribution in [0.4, 0.5) is 10.3 Å². The number of nitrogens with two attached hydrogens (primary N) is 1. The van der Waals surface area contributed by atoms with Crippen LogP contribution in [-0.4, -0.2) is 74.1 Å². The van der Waals surface area contributed by atoms with Crippen LogP contribution in [0.2, 0.25) is 0 Å². The van der Waals surface area contributed by atoms with E-state index >= 15 is 4.39 Å². The number of methoxy groups -OCH3 is 1. The van der Waals surface area contributed by atoms with E-state index in [9.17, 15) is 9.69 Å². The number of anilines is 1. The molecule has 0 aromatic carbocycles. The van der Waals surface area contributed by atoms with E-state index in [4.69, 9.17) is 24.3 Å². The van der Waals surface area contributed by atoms with Crippen LogP contribution in [0.15, 0.2) is 6.33 Å². The van der Waals surface area contributed by atoms with Gasteiger partial charge in [-0.05, 0) is 0 Å². The van der Waals surface area contributed by atoms with Gasteiger partial charge < -0.3 is 0 Å². The molecule has 2 saturated heterocycles. The van der Waals surface area contributed by atoms with Gasteiger partial charge in [0.1, 0.15) is 0 Å². The van der Waals surface area contributed by atoms with Crippen LogP contribution in [0.1, 0.15) is 33.9 Å². The monoisotopic (exact) mass is 490 g/mol. The molecule has 0 bridgehead atoms. The number of nitrogen functional groups attached to an aromatic ring is 1. The molecule has 0 saturated carbocycles. The fourth-order valence-electron chi connectivity index (χ4n) is 3.90. The molecule has 0 spiro atoms. The average molecular weight is 490 g/mol. The number of aromatic nitrogens is 4. The Kier molecular flexibility index (Phi) is 6.18. The molecule has 0 aliphatic carbocycles. The van der Waals surface area contributed by atoms with Crippen molar-refractivity contribution in [3.63, 3.8) is 0 Å². The Morgan fingerprint density at radius 3 is 2.85 bits per heavy atom. The molecule has 184 valence electrons. The average Bonchev–Trinajstić information content (AvgIpc) is 3.25. The number of imidazole rings is 1. The Morgan fingerprint density at radius 1 is 1.45 bits per heavy atom. The van der Waals surface area contributed by atoms with Gasteiger partial charge in [0.15, 0.2) is 0 Å². The van der Waals surface area contributed by atoms with E-state index < -0.39 is 44.2 Å². The number of esters is 1. The second-order valence-electron chi connectivity index (χ2n) is 8.38. The third-order valence-electron chi connectivity index (χ3n) is 5.37. The number of nitrogens with zero attached hydrogens (tertiary/aromatic N) is 4. The van der Waals surface area contributed by atoms with Crippen molar-refractivity contribution < 1.29 is 37.3 Å². The summed E-state index contributed by atoms with van der Waals surface area (Å²) < 4.78 is 44.8. The molecule has 4 N–H and O–H groups in total. The number of halogens is 1. The Morgan fingerprint density at radius 2 is 2.18 bits per heavy atom. The molecule has 2 aliphatic heterocycles. The zero-order chi connectivity index (χ0) is 24.1. The molecule has 13 nitrogen and oxygen atoms in total. The van der Waals surface area contributed by atoms with E-state index in [1.807, 2.05) is 13.8 Å². The molecular formula is C18H28FN6O7P. The van der Waals surface area contributed by atoms with E-state index in [1.165, 1.54) is 31.9 Å². The second kappa shape index (κ2) is 8.53. The minimum absolute atomic E-state index is 0.0711. The molecule has 4 rings (SSSR count). The predicted molar refractivity (Wildman–Crippen MR) is 115 cm³/mol. The second-order valence-corrected chi connectivity index (χ2v) is 10.4. The zero-order valence-corrected chi connectivity index (χ0v) is 19.8. The summed E-state index contributed by atoms with van der Waals surface area (Å²) >= 11 is 0. The van der Waals surface area contributed by atoms with Crippen molar-refractivity contribution in [1.29, 1.82) is 0 Å². The van der Waals surface area contributed by atoms with Crippen molar-refractivity contribution in [2.24, 2.45) is 0 Å². The van der Waals surface area contributed by atoms with Gasteiger partial charge in [-0.25, -0.2) is 0 Å². The van der Waals surface area contributed by atoms with E-state index in [0.717, 1.165) is 0 Å². The number of carbonyl (C=O) groups is 1. The van der Waals surface area contributed by atoms with Gasteiger partial charge in [0.05, 0.1) is 0 Å².